The third kappa shape index (κ3) is 2.17. The predicted molar refractivity (Wildman–Crippen MR) is 45.3 cm³/mol. The van der Waals surface area contributed by atoms with Gasteiger partial charge in [0, 0.05) is 13.1 Å². The molecule has 1 aliphatic heterocycles. The maximum atomic E-state index is 11.4. The van der Waals surface area contributed by atoms with Gasteiger partial charge in [0.05, 0.1) is 11.0 Å². The second-order valence-electron chi connectivity index (χ2n) is 3.50. The van der Waals surface area contributed by atoms with Gasteiger partial charge >= 0.3 is 0 Å². The molecular weight excluding hydrogens is 162 g/mol. The number of hydrogen-bond donors (Lipinski definition) is 1. The Balaban J connectivity index is 2.52. The van der Waals surface area contributed by atoms with Crippen LogP contribution < -0.4 is 5.32 Å². The molecule has 3 nitrogen and oxygen atoms in total. The normalized spacial score (nSPS) is 20.3. The molecule has 0 amide bonds. The molecule has 0 bridgehead atoms. The Kier molecular flexibility index (Phi) is 2.54. The first-order valence-corrected chi connectivity index (χ1v) is 5.66. The molecule has 0 radical (unpaired) electrons. The summed E-state index contributed by atoms with van der Waals surface area (Å²) in [4.78, 5) is 0. The molecule has 1 rings (SSSR count). The lowest BCUT2D eigenvalue weighted by Crippen LogP contribution is -2.52. The van der Waals surface area contributed by atoms with E-state index in [2.05, 4.69) is 5.32 Å². The molecule has 0 aromatic carbocycles. The lowest BCUT2D eigenvalue weighted by atomic mass is 10.3. The van der Waals surface area contributed by atoms with Gasteiger partial charge < -0.3 is 5.32 Å². The highest BCUT2D eigenvalue weighted by Gasteiger charge is 2.30. The summed E-state index contributed by atoms with van der Waals surface area (Å²) in [7, 11) is -2.79. The van der Waals surface area contributed by atoms with Crippen molar-refractivity contribution in [3.8, 4) is 0 Å². The second-order valence-corrected chi connectivity index (χ2v) is 5.83. The molecule has 1 heterocycles. The maximum Gasteiger partial charge on any atom is 0.155 e. The fourth-order valence-corrected chi connectivity index (χ4v) is 3.06. The van der Waals surface area contributed by atoms with Crippen LogP contribution >= 0.6 is 0 Å². The molecule has 0 aromatic rings. The summed E-state index contributed by atoms with van der Waals surface area (Å²) in [6.45, 7) is 5.16. The van der Waals surface area contributed by atoms with Crippen molar-refractivity contribution in [2.75, 3.05) is 18.8 Å². The van der Waals surface area contributed by atoms with Gasteiger partial charge in [-0.25, -0.2) is 8.42 Å². The van der Waals surface area contributed by atoms with Crippen LogP contribution in [0.1, 0.15) is 13.8 Å². The number of sulfone groups is 1. The minimum Gasteiger partial charge on any atom is -0.314 e. The van der Waals surface area contributed by atoms with Gasteiger partial charge in [-0.3, -0.25) is 0 Å². The van der Waals surface area contributed by atoms with Crippen molar-refractivity contribution >= 4 is 9.84 Å². The first kappa shape index (κ1) is 9.00. The molecule has 0 aliphatic carbocycles. The van der Waals surface area contributed by atoms with Crippen LogP contribution in [-0.2, 0) is 9.84 Å². The van der Waals surface area contributed by atoms with E-state index in [4.69, 9.17) is 0 Å². The fraction of sp³-hybridized carbons (Fsp3) is 1.00. The van der Waals surface area contributed by atoms with Gasteiger partial charge in [-0.15, -0.1) is 0 Å². The zero-order valence-electron chi connectivity index (χ0n) is 7.00. The summed E-state index contributed by atoms with van der Waals surface area (Å²) in [6, 6.07) is 0. The zero-order chi connectivity index (χ0) is 8.48. The molecular formula is C7H15NO2S. The summed E-state index contributed by atoms with van der Waals surface area (Å²) in [5.41, 5.74) is 0. The SMILES string of the molecule is CC(C)CS(=O)(=O)C1CNC1. The summed E-state index contributed by atoms with van der Waals surface area (Å²) in [5.74, 6) is 0.583. The molecule has 1 aliphatic rings. The third-order valence-corrected chi connectivity index (χ3v) is 4.30. The molecule has 66 valence electrons. The van der Waals surface area contributed by atoms with E-state index in [9.17, 15) is 8.42 Å². The molecule has 0 spiro atoms. The van der Waals surface area contributed by atoms with E-state index in [0.717, 1.165) is 0 Å². The maximum absolute atomic E-state index is 11.4. The number of rotatable bonds is 3. The third-order valence-electron chi connectivity index (χ3n) is 1.82. The monoisotopic (exact) mass is 177 g/mol. The number of nitrogens with one attached hydrogen (secondary N) is 1. The largest absolute Gasteiger partial charge is 0.314 e. The van der Waals surface area contributed by atoms with Crippen LogP contribution in [0.2, 0.25) is 0 Å². The van der Waals surface area contributed by atoms with Crippen LogP contribution in [0.4, 0.5) is 0 Å². The van der Waals surface area contributed by atoms with Crippen molar-refractivity contribution in [3.63, 3.8) is 0 Å². The van der Waals surface area contributed by atoms with Gasteiger partial charge in [-0.1, -0.05) is 13.8 Å². The van der Waals surface area contributed by atoms with E-state index in [1.165, 1.54) is 0 Å². The topological polar surface area (TPSA) is 46.2 Å². The Morgan fingerprint density at radius 2 is 2.00 bits per heavy atom. The highest BCUT2D eigenvalue weighted by atomic mass is 32.2. The number of hydrogen-bond acceptors (Lipinski definition) is 3. The highest BCUT2D eigenvalue weighted by molar-refractivity contribution is 7.92. The van der Waals surface area contributed by atoms with Gasteiger partial charge in [0.2, 0.25) is 0 Å². The summed E-state index contributed by atoms with van der Waals surface area (Å²) in [5, 5.41) is 2.85. The van der Waals surface area contributed by atoms with E-state index >= 15 is 0 Å². The van der Waals surface area contributed by atoms with Crippen molar-refractivity contribution in [1.82, 2.24) is 5.32 Å². The quantitative estimate of drug-likeness (QED) is 0.661. The van der Waals surface area contributed by atoms with Gasteiger partial charge in [-0.05, 0) is 5.92 Å². The minimum absolute atomic E-state index is 0.107. The first-order valence-electron chi connectivity index (χ1n) is 3.94. The predicted octanol–water partition coefficient (Wildman–Crippen LogP) is 0.0290. The van der Waals surface area contributed by atoms with Crippen molar-refractivity contribution in [1.29, 1.82) is 0 Å². The molecule has 0 aromatic heterocycles. The Hall–Kier alpha value is -0.0900. The Morgan fingerprint density at radius 3 is 2.27 bits per heavy atom. The average molecular weight is 177 g/mol. The van der Waals surface area contributed by atoms with Crippen molar-refractivity contribution < 1.29 is 8.42 Å². The molecule has 1 saturated heterocycles. The van der Waals surface area contributed by atoms with Crippen LogP contribution in [0.15, 0.2) is 0 Å². The lowest BCUT2D eigenvalue weighted by Gasteiger charge is -2.27. The highest BCUT2D eigenvalue weighted by Crippen LogP contribution is 2.10. The average Bonchev–Trinajstić information content (AvgIpc) is 1.50. The van der Waals surface area contributed by atoms with Crippen molar-refractivity contribution in [2.45, 2.75) is 19.1 Å². The zero-order valence-corrected chi connectivity index (χ0v) is 7.82. The summed E-state index contributed by atoms with van der Waals surface area (Å²) >= 11 is 0. The molecule has 0 saturated carbocycles. The van der Waals surface area contributed by atoms with E-state index in [-0.39, 0.29) is 11.2 Å². The summed E-state index contributed by atoms with van der Waals surface area (Å²) < 4.78 is 22.8. The first-order chi connectivity index (χ1) is 5.02. The molecule has 1 N–H and O–H groups in total. The fourth-order valence-electron chi connectivity index (χ4n) is 1.12. The molecule has 0 unspecified atom stereocenters. The van der Waals surface area contributed by atoms with E-state index in [1.54, 1.807) is 0 Å². The van der Waals surface area contributed by atoms with E-state index in [0.29, 0.717) is 18.8 Å². The standard InChI is InChI=1S/C7H15NO2S/c1-6(2)5-11(9,10)7-3-8-4-7/h6-8H,3-5H2,1-2H3. The molecule has 4 heteroatoms. The van der Waals surface area contributed by atoms with E-state index < -0.39 is 9.84 Å². The Morgan fingerprint density at radius 1 is 1.45 bits per heavy atom. The Labute approximate surface area is 68.1 Å². The molecule has 1 fully saturated rings. The van der Waals surface area contributed by atoms with Crippen LogP contribution in [0, 0.1) is 5.92 Å². The van der Waals surface area contributed by atoms with Gasteiger partial charge in [-0.2, -0.15) is 0 Å². The van der Waals surface area contributed by atoms with Gasteiger partial charge in [0.1, 0.15) is 0 Å². The van der Waals surface area contributed by atoms with E-state index in [1.807, 2.05) is 13.8 Å². The second kappa shape index (κ2) is 3.11. The summed E-state index contributed by atoms with van der Waals surface area (Å²) in [6.07, 6.45) is 0. The van der Waals surface area contributed by atoms with Crippen LogP contribution in [-0.4, -0.2) is 32.5 Å². The lowest BCUT2D eigenvalue weighted by molar-refractivity contribution is 0.490. The smallest absolute Gasteiger partial charge is 0.155 e. The van der Waals surface area contributed by atoms with Crippen LogP contribution in [0.5, 0.6) is 0 Å². The van der Waals surface area contributed by atoms with Crippen molar-refractivity contribution in [3.05, 3.63) is 0 Å². The Bertz CT molecular complexity index is 217. The van der Waals surface area contributed by atoms with Crippen molar-refractivity contribution in [2.24, 2.45) is 5.92 Å². The molecule has 11 heavy (non-hydrogen) atoms. The van der Waals surface area contributed by atoms with Gasteiger partial charge in [0.15, 0.2) is 9.84 Å². The molecule has 0 atom stereocenters. The van der Waals surface area contributed by atoms with Crippen LogP contribution in [0.25, 0.3) is 0 Å². The minimum atomic E-state index is -2.79. The van der Waals surface area contributed by atoms with Crippen LogP contribution in [0.3, 0.4) is 0 Å². The van der Waals surface area contributed by atoms with Gasteiger partial charge in [0.25, 0.3) is 0 Å².